The van der Waals surface area contributed by atoms with Gasteiger partial charge in [-0.15, -0.1) is 11.3 Å². The molecule has 3 heteroatoms. The van der Waals surface area contributed by atoms with Crippen LogP contribution in [0.5, 0.6) is 0 Å². The Morgan fingerprint density at radius 3 is 2.18 bits per heavy atom. The van der Waals surface area contributed by atoms with Gasteiger partial charge in [-0.05, 0) is 58.8 Å². The topological polar surface area (TPSA) is 17.3 Å². The van der Waals surface area contributed by atoms with Crippen LogP contribution in [0.4, 0.5) is 0 Å². The first-order valence-electron chi connectivity index (χ1n) is 13.7. The van der Waals surface area contributed by atoms with E-state index >= 15 is 0 Å². The van der Waals surface area contributed by atoms with Crippen LogP contribution in [0.3, 0.4) is 0 Å². The number of thiophene rings is 1. The van der Waals surface area contributed by atoms with Gasteiger partial charge in [0, 0.05) is 48.3 Å². The first kappa shape index (κ1) is 21.5. The van der Waals surface area contributed by atoms with E-state index < -0.39 is 0 Å². The molecular formula is C36H24N2S. The van der Waals surface area contributed by atoms with Crippen LogP contribution in [0.2, 0.25) is 0 Å². The molecule has 1 aliphatic carbocycles. The van der Waals surface area contributed by atoms with Gasteiger partial charge < -0.3 is 0 Å². The van der Waals surface area contributed by atoms with Crippen molar-refractivity contribution in [2.24, 2.45) is 0 Å². The van der Waals surface area contributed by atoms with Gasteiger partial charge in [0.05, 0.1) is 5.52 Å². The Bertz CT molecular complexity index is 2250. The van der Waals surface area contributed by atoms with E-state index in [-0.39, 0.29) is 0 Å². The highest BCUT2D eigenvalue weighted by molar-refractivity contribution is 7.25. The lowest BCUT2D eigenvalue weighted by atomic mass is 9.95. The minimum atomic E-state index is 0.583. The molecule has 2 nitrogen and oxygen atoms in total. The van der Waals surface area contributed by atoms with Crippen LogP contribution in [0.1, 0.15) is 24.5 Å². The lowest BCUT2D eigenvalue weighted by Crippen LogP contribution is -1.98. The molecule has 0 radical (unpaired) electrons. The fourth-order valence-electron chi connectivity index (χ4n) is 6.28. The molecule has 1 saturated carbocycles. The summed E-state index contributed by atoms with van der Waals surface area (Å²) in [5.74, 6) is 0.583. The highest BCUT2D eigenvalue weighted by Crippen LogP contribution is 2.46. The lowest BCUT2D eigenvalue weighted by Gasteiger charge is -2.10. The molecule has 0 bridgehead atoms. The van der Waals surface area contributed by atoms with Gasteiger partial charge >= 0.3 is 0 Å². The van der Waals surface area contributed by atoms with Crippen LogP contribution in [0.25, 0.3) is 69.6 Å². The maximum Gasteiger partial charge on any atom is 0.101 e. The smallest absolute Gasteiger partial charge is 0.101 e. The molecule has 5 aromatic carbocycles. The summed E-state index contributed by atoms with van der Waals surface area (Å²) in [6.07, 6.45) is 2.48. The van der Waals surface area contributed by atoms with Crippen LogP contribution >= 0.6 is 11.3 Å². The fraction of sp³-hybridized carbons (Fsp3) is 0.0833. The molecule has 0 saturated heterocycles. The Labute approximate surface area is 229 Å². The zero-order valence-corrected chi connectivity index (χ0v) is 22.1. The Morgan fingerprint density at radius 2 is 1.31 bits per heavy atom. The normalized spacial score (nSPS) is 13.8. The molecule has 0 amide bonds. The fourth-order valence-corrected chi connectivity index (χ4v) is 7.42. The molecule has 3 aromatic heterocycles. The number of hydrogen-bond acceptors (Lipinski definition) is 2. The number of hydrogen-bond donors (Lipinski definition) is 0. The van der Waals surface area contributed by atoms with Crippen LogP contribution in [-0.4, -0.2) is 9.61 Å². The number of aromatic nitrogens is 2. The van der Waals surface area contributed by atoms with Crippen molar-refractivity contribution in [3.05, 3.63) is 121 Å². The van der Waals surface area contributed by atoms with E-state index in [0.29, 0.717) is 5.92 Å². The summed E-state index contributed by atoms with van der Waals surface area (Å²) in [5.41, 5.74) is 7.22. The van der Waals surface area contributed by atoms with E-state index in [9.17, 15) is 0 Å². The van der Waals surface area contributed by atoms with E-state index in [4.69, 9.17) is 5.10 Å². The second-order valence-electron chi connectivity index (χ2n) is 10.8. The van der Waals surface area contributed by atoms with Crippen molar-refractivity contribution in [2.75, 3.05) is 0 Å². The zero-order valence-electron chi connectivity index (χ0n) is 21.3. The first-order valence-corrected chi connectivity index (χ1v) is 14.5. The molecule has 0 spiro atoms. The summed E-state index contributed by atoms with van der Waals surface area (Å²) in [7, 11) is 0. The van der Waals surface area contributed by atoms with Gasteiger partial charge in [-0.1, -0.05) is 91.0 Å². The second kappa shape index (κ2) is 8.02. The van der Waals surface area contributed by atoms with Crippen LogP contribution in [0.15, 0.2) is 115 Å². The van der Waals surface area contributed by atoms with Gasteiger partial charge in [0.25, 0.3) is 0 Å². The number of pyridine rings is 1. The molecule has 3 heterocycles. The quantitative estimate of drug-likeness (QED) is 0.228. The maximum atomic E-state index is 5.42. The molecule has 0 atom stereocenters. The Hall–Kier alpha value is -4.47. The third-order valence-corrected chi connectivity index (χ3v) is 9.47. The van der Waals surface area contributed by atoms with Gasteiger partial charge in [0.15, 0.2) is 0 Å². The minimum absolute atomic E-state index is 0.583. The molecule has 8 aromatic rings. The third-order valence-electron chi connectivity index (χ3n) is 8.34. The van der Waals surface area contributed by atoms with Crippen LogP contribution < -0.4 is 0 Å². The Kier molecular flexibility index (Phi) is 4.41. The van der Waals surface area contributed by atoms with Crippen molar-refractivity contribution < 1.29 is 0 Å². The third kappa shape index (κ3) is 3.23. The average molecular weight is 517 g/mol. The zero-order chi connectivity index (χ0) is 25.5. The largest absolute Gasteiger partial charge is 0.236 e. The van der Waals surface area contributed by atoms with Crippen molar-refractivity contribution in [2.45, 2.75) is 18.8 Å². The summed E-state index contributed by atoms with van der Waals surface area (Å²) in [6.45, 7) is 0. The number of nitrogens with zero attached hydrogens (tertiary/aromatic N) is 2. The first-order chi connectivity index (χ1) is 19.3. The molecule has 9 rings (SSSR count). The number of rotatable bonds is 3. The Morgan fingerprint density at radius 1 is 0.590 bits per heavy atom. The van der Waals surface area contributed by atoms with Gasteiger partial charge in [-0.2, -0.15) is 5.10 Å². The molecule has 1 aliphatic rings. The van der Waals surface area contributed by atoms with E-state index in [2.05, 4.69) is 120 Å². The molecular weight excluding hydrogens is 492 g/mol. The molecule has 184 valence electrons. The van der Waals surface area contributed by atoms with E-state index in [1.54, 1.807) is 0 Å². The SMILES string of the molecule is c1ccc2cc(-c3nn4c(C5CC5)cc5ccccc5c4c3-c3ccc4c(c3)sc3ccccc34)ccc2c1. The summed E-state index contributed by atoms with van der Waals surface area (Å²) in [6, 6.07) is 42.3. The van der Waals surface area contributed by atoms with Crippen LogP contribution in [-0.2, 0) is 0 Å². The van der Waals surface area contributed by atoms with Gasteiger partial charge in [0.1, 0.15) is 5.69 Å². The van der Waals surface area contributed by atoms with Crippen LogP contribution in [0, 0.1) is 0 Å². The highest BCUT2D eigenvalue weighted by Gasteiger charge is 2.29. The molecule has 1 fully saturated rings. The minimum Gasteiger partial charge on any atom is -0.236 e. The summed E-state index contributed by atoms with van der Waals surface area (Å²) < 4.78 is 4.93. The van der Waals surface area contributed by atoms with E-state index in [1.807, 2.05) is 11.3 Å². The van der Waals surface area contributed by atoms with E-state index in [0.717, 1.165) is 11.3 Å². The molecule has 0 N–H and O–H groups in total. The van der Waals surface area contributed by atoms with E-state index in [1.165, 1.54) is 76.9 Å². The summed E-state index contributed by atoms with van der Waals surface area (Å²) >= 11 is 1.88. The van der Waals surface area contributed by atoms with Crippen molar-refractivity contribution in [3.8, 4) is 22.4 Å². The standard InChI is InChI=1S/C36H24N2S/c1-2-8-24-19-27(16-13-22(24)7-1)35-34(26-17-18-30-29-11-5-6-12-32(29)39-33(30)21-26)36-28-10-4-3-9-25(28)20-31(23-14-15-23)38(36)37-35/h1-13,16-21,23H,14-15H2. The summed E-state index contributed by atoms with van der Waals surface area (Å²) in [5, 5.41) is 13.1. The molecule has 0 unspecified atom stereocenters. The average Bonchev–Trinajstić information content (AvgIpc) is 3.65. The van der Waals surface area contributed by atoms with Gasteiger partial charge in [0.2, 0.25) is 0 Å². The predicted octanol–water partition coefficient (Wildman–Crippen LogP) is 10.2. The van der Waals surface area contributed by atoms with Crippen molar-refractivity contribution in [1.29, 1.82) is 0 Å². The second-order valence-corrected chi connectivity index (χ2v) is 11.9. The Balaban J connectivity index is 1.41. The number of benzene rings is 5. The van der Waals surface area contributed by atoms with Crippen molar-refractivity contribution in [3.63, 3.8) is 0 Å². The molecule has 39 heavy (non-hydrogen) atoms. The van der Waals surface area contributed by atoms with Gasteiger partial charge in [-0.3, -0.25) is 0 Å². The molecule has 0 aliphatic heterocycles. The van der Waals surface area contributed by atoms with Gasteiger partial charge in [-0.25, -0.2) is 4.52 Å². The lowest BCUT2D eigenvalue weighted by molar-refractivity contribution is 0.866. The highest BCUT2D eigenvalue weighted by atomic mass is 32.1. The van der Waals surface area contributed by atoms with Crippen molar-refractivity contribution in [1.82, 2.24) is 9.61 Å². The number of fused-ring (bicyclic) bond motifs is 7. The monoisotopic (exact) mass is 516 g/mol. The predicted molar refractivity (Wildman–Crippen MR) is 166 cm³/mol. The summed E-state index contributed by atoms with van der Waals surface area (Å²) in [4.78, 5) is 0. The van der Waals surface area contributed by atoms with Crippen molar-refractivity contribution >= 4 is 58.6 Å². The maximum absolute atomic E-state index is 5.42.